The van der Waals surface area contributed by atoms with Gasteiger partial charge < -0.3 is 10.2 Å². The van der Waals surface area contributed by atoms with Crippen molar-refractivity contribution in [2.45, 2.75) is 23.8 Å². The first kappa shape index (κ1) is 22.6. The molecule has 1 fully saturated rings. The molecule has 2 aromatic heterocycles. The second kappa shape index (κ2) is 9.24. The molecule has 1 amide bonds. The molecular weight excluding hydrogens is 496 g/mol. The fourth-order valence-corrected chi connectivity index (χ4v) is 6.01. The van der Waals surface area contributed by atoms with Crippen LogP contribution in [0.1, 0.15) is 12.8 Å². The molecule has 3 heterocycles. The monoisotopic (exact) mass is 516 g/mol. The second-order valence-corrected chi connectivity index (χ2v) is 10.8. The molecular formula is C22H21ClN6O3S2. The fraction of sp³-hybridized carbons (Fsp3) is 0.227. The van der Waals surface area contributed by atoms with Crippen molar-refractivity contribution in [1.82, 2.24) is 19.2 Å². The number of nitrogens with one attached hydrogen (secondary N) is 2. The average Bonchev–Trinajstić information content (AvgIpc) is 3.50. The Kier molecular flexibility index (Phi) is 6.15. The number of benzene rings is 2. The van der Waals surface area contributed by atoms with Gasteiger partial charge in [0.2, 0.25) is 5.13 Å². The SMILES string of the molecule is O=C(NC1CCN(c2ccc(S(=O)(=O)Nc3ncns3)cc2)CC1)n1ccc2cccc(Cl)c21. The first-order valence-electron chi connectivity index (χ1n) is 10.6. The summed E-state index contributed by atoms with van der Waals surface area (Å²) < 4.78 is 32.8. The molecule has 4 aromatic rings. The molecule has 1 aliphatic rings. The lowest BCUT2D eigenvalue weighted by Gasteiger charge is -2.34. The number of rotatable bonds is 5. The molecule has 0 atom stereocenters. The number of nitrogens with zero attached hydrogens (tertiary/aromatic N) is 4. The van der Waals surface area contributed by atoms with E-state index in [9.17, 15) is 13.2 Å². The molecule has 2 aromatic carbocycles. The van der Waals surface area contributed by atoms with Crippen LogP contribution in [0, 0.1) is 0 Å². The molecule has 0 aliphatic carbocycles. The summed E-state index contributed by atoms with van der Waals surface area (Å²) >= 11 is 7.27. The van der Waals surface area contributed by atoms with Gasteiger partial charge in [0.15, 0.2) is 0 Å². The van der Waals surface area contributed by atoms with E-state index in [1.165, 1.54) is 6.33 Å². The summed E-state index contributed by atoms with van der Waals surface area (Å²) in [5.41, 5.74) is 1.64. The van der Waals surface area contributed by atoms with Crippen LogP contribution in [-0.2, 0) is 10.0 Å². The molecule has 34 heavy (non-hydrogen) atoms. The topological polar surface area (TPSA) is 109 Å². The van der Waals surface area contributed by atoms with Crippen molar-refractivity contribution in [3.63, 3.8) is 0 Å². The molecule has 176 valence electrons. The van der Waals surface area contributed by atoms with Gasteiger partial charge in [-0.3, -0.25) is 9.29 Å². The van der Waals surface area contributed by atoms with E-state index in [1.807, 2.05) is 18.2 Å². The number of anilines is 2. The summed E-state index contributed by atoms with van der Waals surface area (Å²) in [5, 5.41) is 4.79. The largest absolute Gasteiger partial charge is 0.371 e. The van der Waals surface area contributed by atoms with Gasteiger partial charge >= 0.3 is 6.03 Å². The first-order chi connectivity index (χ1) is 16.4. The number of aromatic nitrogens is 3. The number of sulfonamides is 1. The Labute approximate surface area is 205 Å². The quantitative estimate of drug-likeness (QED) is 0.412. The Morgan fingerprint density at radius 3 is 2.56 bits per heavy atom. The number of hydrogen-bond donors (Lipinski definition) is 2. The Bertz CT molecular complexity index is 1410. The predicted octanol–water partition coefficient (Wildman–Crippen LogP) is 4.17. The summed E-state index contributed by atoms with van der Waals surface area (Å²) in [4.78, 5) is 19.0. The van der Waals surface area contributed by atoms with Crippen molar-refractivity contribution in [3.8, 4) is 0 Å². The zero-order chi connectivity index (χ0) is 23.7. The van der Waals surface area contributed by atoms with E-state index in [4.69, 9.17) is 11.6 Å². The molecule has 9 nitrogen and oxygen atoms in total. The molecule has 0 unspecified atom stereocenters. The van der Waals surface area contributed by atoms with E-state index in [0.717, 1.165) is 48.5 Å². The molecule has 0 bridgehead atoms. The average molecular weight is 517 g/mol. The van der Waals surface area contributed by atoms with E-state index < -0.39 is 10.0 Å². The van der Waals surface area contributed by atoms with Crippen molar-refractivity contribution >= 4 is 60.9 Å². The molecule has 0 saturated carbocycles. The molecule has 1 saturated heterocycles. The Morgan fingerprint density at radius 2 is 1.85 bits per heavy atom. The van der Waals surface area contributed by atoms with E-state index >= 15 is 0 Å². The number of carbonyl (C=O) groups excluding carboxylic acids is 1. The zero-order valence-electron chi connectivity index (χ0n) is 17.9. The number of fused-ring (bicyclic) bond motifs is 1. The third kappa shape index (κ3) is 4.59. The highest BCUT2D eigenvalue weighted by Gasteiger charge is 2.23. The molecule has 0 spiro atoms. The Balaban J connectivity index is 1.19. The smallest absolute Gasteiger partial charge is 0.326 e. The van der Waals surface area contributed by atoms with Gasteiger partial charge in [-0.1, -0.05) is 23.7 Å². The van der Waals surface area contributed by atoms with Crippen LogP contribution in [0.2, 0.25) is 5.02 Å². The predicted molar refractivity (Wildman–Crippen MR) is 133 cm³/mol. The third-order valence-corrected chi connectivity index (χ3v) is 8.17. The molecule has 1 aliphatic heterocycles. The summed E-state index contributed by atoms with van der Waals surface area (Å²) in [5.74, 6) is 0. The number of halogens is 1. The van der Waals surface area contributed by atoms with Crippen molar-refractivity contribution in [3.05, 3.63) is 66.1 Å². The first-order valence-corrected chi connectivity index (χ1v) is 13.2. The number of para-hydroxylation sites is 1. The van der Waals surface area contributed by atoms with E-state index in [-0.39, 0.29) is 22.1 Å². The number of piperidine rings is 1. The van der Waals surface area contributed by atoms with Crippen LogP contribution in [0.4, 0.5) is 15.6 Å². The molecule has 0 radical (unpaired) electrons. The highest BCUT2D eigenvalue weighted by atomic mass is 35.5. The van der Waals surface area contributed by atoms with Crippen molar-refractivity contribution in [1.29, 1.82) is 0 Å². The van der Waals surface area contributed by atoms with Crippen LogP contribution in [0.5, 0.6) is 0 Å². The minimum absolute atomic E-state index is 0.0412. The fourth-order valence-electron chi connectivity index (χ4n) is 4.07. The lowest BCUT2D eigenvalue weighted by molar-refractivity contribution is 0.237. The summed E-state index contributed by atoms with van der Waals surface area (Å²) in [6.45, 7) is 1.49. The lowest BCUT2D eigenvalue weighted by atomic mass is 10.0. The highest BCUT2D eigenvalue weighted by Crippen LogP contribution is 2.26. The van der Waals surface area contributed by atoms with E-state index in [2.05, 4.69) is 24.3 Å². The van der Waals surface area contributed by atoms with Crippen LogP contribution in [-0.4, -0.2) is 47.5 Å². The summed E-state index contributed by atoms with van der Waals surface area (Å²) in [7, 11) is -3.71. The highest BCUT2D eigenvalue weighted by molar-refractivity contribution is 7.93. The summed E-state index contributed by atoms with van der Waals surface area (Å²) in [6, 6.07) is 14.0. The number of hydrogen-bond acceptors (Lipinski definition) is 7. The van der Waals surface area contributed by atoms with E-state index in [1.54, 1.807) is 41.1 Å². The Hall–Kier alpha value is -3.15. The molecule has 5 rings (SSSR count). The maximum Gasteiger partial charge on any atom is 0.326 e. The third-order valence-electron chi connectivity index (χ3n) is 5.80. The van der Waals surface area contributed by atoms with Gasteiger partial charge in [-0.25, -0.2) is 18.2 Å². The maximum absolute atomic E-state index is 12.8. The van der Waals surface area contributed by atoms with E-state index in [0.29, 0.717) is 10.5 Å². The zero-order valence-corrected chi connectivity index (χ0v) is 20.3. The van der Waals surface area contributed by atoms with Crippen molar-refractivity contribution in [2.75, 3.05) is 22.7 Å². The van der Waals surface area contributed by atoms with Gasteiger partial charge in [-0.2, -0.15) is 4.37 Å². The van der Waals surface area contributed by atoms with Gasteiger partial charge in [0, 0.05) is 47.9 Å². The van der Waals surface area contributed by atoms with Gasteiger partial charge in [-0.05, 0) is 49.2 Å². The maximum atomic E-state index is 12.8. The standard InChI is InChI=1S/C22H21ClN6O3S2/c23-19-3-1-2-15-8-13-29(20(15)19)22(30)26-16-9-11-28(12-10-16)17-4-6-18(7-5-17)34(31,32)27-21-24-14-25-33-21/h1-8,13-14,16H,9-12H2,(H,26,30)(H,24,25,27). The second-order valence-electron chi connectivity index (χ2n) is 7.92. The minimum atomic E-state index is -3.71. The Morgan fingerprint density at radius 1 is 1.09 bits per heavy atom. The summed E-state index contributed by atoms with van der Waals surface area (Å²) in [6.07, 6.45) is 4.58. The van der Waals surface area contributed by atoms with Crippen LogP contribution < -0.4 is 14.9 Å². The normalized spacial score (nSPS) is 14.9. The lowest BCUT2D eigenvalue weighted by Crippen LogP contribution is -2.45. The van der Waals surface area contributed by atoms with Gasteiger partial charge in [0.25, 0.3) is 10.0 Å². The minimum Gasteiger partial charge on any atom is -0.371 e. The van der Waals surface area contributed by atoms with Gasteiger partial charge in [0.1, 0.15) is 6.33 Å². The van der Waals surface area contributed by atoms with Crippen LogP contribution >= 0.6 is 23.1 Å². The van der Waals surface area contributed by atoms with Crippen LogP contribution in [0.3, 0.4) is 0 Å². The van der Waals surface area contributed by atoms with Crippen molar-refractivity contribution in [2.24, 2.45) is 0 Å². The van der Waals surface area contributed by atoms with Crippen LogP contribution in [0.15, 0.2) is 66.0 Å². The van der Waals surface area contributed by atoms with Crippen LogP contribution in [0.25, 0.3) is 10.9 Å². The van der Waals surface area contributed by atoms with Gasteiger partial charge in [0.05, 0.1) is 15.4 Å². The number of amides is 1. The number of carbonyl (C=O) groups is 1. The van der Waals surface area contributed by atoms with Crippen molar-refractivity contribution < 1.29 is 13.2 Å². The van der Waals surface area contributed by atoms with Gasteiger partial charge in [-0.15, -0.1) is 0 Å². The molecule has 12 heteroatoms. The molecule has 2 N–H and O–H groups in total.